The highest BCUT2D eigenvalue weighted by Gasteiger charge is 2.14. The van der Waals surface area contributed by atoms with Gasteiger partial charge in [-0.05, 0) is 24.6 Å². The van der Waals surface area contributed by atoms with Crippen LogP contribution in [0.25, 0.3) is 22.8 Å². The van der Waals surface area contributed by atoms with E-state index in [1.165, 1.54) is 0 Å². The van der Waals surface area contributed by atoms with Crippen molar-refractivity contribution in [3.63, 3.8) is 0 Å². The average Bonchev–Trinajstić information content (AvgIpc) is 3.01. The summed E-state index contributed by atoms with van der Waals surface area (Å²) >= 11 is 0. The van der Waals surface area contributed by atoms with Crippen LogP contribution in [0.4, 0.5) is 5.69 Å². The number of hydrogen-bond acceptors (Lipinski definition) is 5. The number of nitrogens with zero attached hydrogens (tertiary/aromatic N) is 4. The van der Waals surface area contributed by atoms with Gasteiger partial charge in [0.25, 0.3) is 5.89 Å². The van der Waals surface area contributed by atoms with E-state index < -0.39 is 0 Å². The Balaban J connectivity index is 2.04. The Morgan fingerprint density at radius 3 is 2.89 bits per heavy atom. The van der Waals surface area contributed by atoms with Crippen LogP contribution in [-0.2, 0) is 7.05 Å². The molecule has 0 fully saturated rings. The lowest BCUT2D eigenvalue weighted by Gasteiger charge is -2.02. The van der Waals surface area contributed by atoms with E-state index in [1.807, 2.05) is 38.4 Å². The molecule has 96 valence electrons. The minimum absolute atomic E-state index is 0.462. The van der Waals surface area contributed by atoms with Crippen LogP contribution in [-0.4, -0.2) is 19.9 Å². The fourth-order valence-corrected chi connectivity index (χ4v) is 1.87. The Hall–Kier alpha value is -2.63. The standard InChI is InChI=1S/C13H13N5O/c1-8-10(4-3-5-11(8)14)13-16-12(17-19-13)9-6-15-18(2)7-9/h3-7H,14H2,1-2H3. The molecular weight excluding hydrogens is 242 g/mol. The van der Waals surface area contributed by atoms with Crippen LogP contribution in [0, 0.1) is 6.92 Å². The van der Waals surface area contributed by atoms with Crippen molar-refractivity contribution in [1.82, 2.24) is 19.9 Å². The largest absolute Gasteiger partial charge is 0.398 e. The molecule has 6 heteroatoms. The zero-order chi connectivity index (χ0) is 13.4. The van der Waals surface area contributed by atoms with E-state index in [-0.39, 0.29) is 0 Å². The normalized spacial score (nSPS) is 10.8. The number of benzene rings is 1. The summed E-state index contributed by atoms with van der Waals surface area (Å²) in [7, 11) is 1.84. The molecule has 2 N–H and O–H groups in total. The van der Waals surface area contributed by atoms with Gasteiger partial charge in [0.1, 0.15) is 0 Å². The van der Waals surface area contributed by atoms with Crippen LogP contribution in [0.5, 0.6) is 0 Å². The molecule has 3 rings (SSSR count). The molecular formula is C13H13N5O. The van der Waals surface area contributed by atoms with E-state index in [0.29, 0.717) is 17.4 Å². The van der Waals surface area contributed by atoms with E-state index in [0.717, 1.165) is 16.7 Å². The van der Waals surface area contributed by atoms with Crippen LogP contribution in [0.15, 0.2) is 35.1 Å². The number of aromatic nitrogens is 4. The SMILES string of the molecule is Cc1c(N)cccc1-c1nc(-c2cnn(C)c2)no1. The molecule has 0 spiro atoms. The third-order valence-corrected chi connectivity index (χ3v) is 3.00. The molecule has 2 heterocycles. The van der Waals surface area contributed by atoms with Crippen molar-refractivity contribution in [2.45, 2.75) is 6.92 Å². The molecule has 0 aliphatic carbocycles. The first-order valence-corrected chi connectivity index (χ1v) is 5.83. The summed E-state index contributed by atoms with van der Waals surface area (Å²) in [4.78, 5) is 4.38. The maximum atomic E-state index is 5.88. The van der Waals surface area contributed by atoms with Gasteiger partial charge in [0.15, 0.2) is 0 Å². The van der Waals surface area contributed by atoms with E-state index in [4.69, 9.17) is 10.3 Å². The molecule has 0 unspecified atom stereocenters. The van der Waals surface area contributed by atoms with Crippen LogP contribution >= 0.6 is 0 Å². The fraction of sp³-hybridized carbons (Fsp3) is 0.154. The minimum atomic E-state index is 0.462. The van der Waals surface area contributed by atoms with Crippen molar-refractivity contribution >= 4 is 5.69 Å². The van der Waals surface area contributed by atoms with Gasteiger partial charge in [-0.3, -0.25) is 4.68 Å². The second kappa shape index (κ2) is 4.24. The predicted octanol–water partition coefficient (Wildman–Crippen LogP) is 2.03. The molecule has 19 heavy (non-hydrogen) atoms. The molecule has 0 aliphatic heterocycles. The minimum Gasteiger partial charge on any atom is -0.398 e. The summed E-state index contributed by atoms with van der Waals surface area (Å²) in [5, 5.41) is 8.05. The zero-order valence-electron chi connectivity index (χ0n) is 10.7. The lowest BCUT2D eigenvalue weighted by molar-refractivity contribution is 0.432. The molecule has 0 saturated heterocycles. The summed E-state index contributed by atoms with van der Waals surface area (Å²) < 4.78 is 6.99. The second-order valence-corrected chi connectivity index (χ2v) is 4.35. The molecule has 0 bridgehead atoms. The van der Waals surface area contributed by atoms with Crippen molar-refractivity contribution in [3.8, 4) is 22.8 Å². The highest BCUT2D eigenvalue weighted by atomic mass is 16.5. The Labute approximate surface area is 109 Å². The zero-order valence-corrected chi connectivity index (χ0v) is 10.7. The molecule has 1 aromatic carbocycles. The third kappa shape index (κ3) is 1.97. The van der Waals surface area contributed by atoms with E-state index in [1.54, 1.807) is 10.9 Å². The van der Waals surface area contributed by atoms with Gasteiger partial charge < -0.3 is 10.3 Å². The van der Waals surface area contributed by atoms with Gasteiger partial charge in [0.05, 0.1) is 11.8 Å². The summed E-state index contributed by atoms with van der Waals surface area (Å²) in [6.45, 7) is 1.93. The van der Waals surface area contributed by atoms with Gasteiger partial charge in [-0.25, -0.2) is 0 Å². The van der Waals surface area contributed by atoms with Crippen molar-refractivity contribution in [1.29, 1.82) is 0 Å². The topological polar surface area (TPSA) is 82.8 Å². The van der Waals surface area contributed by atoms with Crippen LogP contribution in [0.2, 0.25) is 0 Å². The summed E-state index contributed by atoms with van der Waals surface area (Å²) in [5.74, 6) is 0.980. The van der Waals surface area contributed by atoms with Gasteiger partial charge in [-0.15, -0.1) is 0 Å². The van der Waals surface area contributed by atoms with Crippen LogP contribution in [0.3, 0.4) is 0 Å². The first kappa shape index (κ1) is 11.5. The van der Waals surface area contributed by atoms with Crippen molar-refractivity contribution in [2.24, 2.45) is 7.05 Å². The highest BCUT2D eigenvalue weighted by Crippen LogP contribution is 2.27. The third-order valence-electron chi connectivity index (χ3n) is 3.00. The lowest BCUT2D eigenvalue weighted by atomic mass is 10.1. The smallest absolute Gasteiger partial charge is 0.258 e. The first-order chi connectivity index (χ1) is 9.15. The molecule has 0 aliphatic rings. The Morgan fingerprint density at radius 1 is 1.32 bits per heavy atom. The number of anilines is 1. The van der Waals surface area contributed by atoms with E-state index in [2.05, 4.69) is 15.2 Å². The van der Waals surface area contributed by atoms with Crippen molar-refractivity contribution in [3.05, 3.63) is 36.2 Å². The van der Waals surface area contributed by atoms with Crippen LogP contribution in [0.1, 0.15) is 5.56 Å². The predicted molar refractivity (Wildman–Crippen MR) is 71.1 cm³/mol. The summed E-state index contributed by atoms with van der Waals surface area (Å²) in [5.41, 5.74) is 9.19. The van der Waals surface area contributed by atoms with Gasteiger partial charge in [0.2, 0.25) is 5.82 Å². The summed E-state index contributed by atoms with van der Waals surface area (Å²) in [6, 6.07) is 5.62. The Bertz CT molecular complexity index is 728. The number of nitrogen functional groups attached to an aromatic ring is 1. The van der Waals surface area contributed by atoms with Crippen molar-refractivity contribution < 1.29 is 4.52 Å². The highest BCUT2D eigenvalue weighted by molar-refractivity contribution is 5.68. The van der Waals surface area contributed by atoms with Gasteiger partial charge in [-0.2, -0.15) is 10.1 Å². The number of aryl methyl sites for hydroxylation is 1. The molecule has 0 saturated carbocycles. The lowest BCUT2D eigenvalue weighted by Crippen LogP contribution is -1.92. The summed E-state index contributed by atoms with van der Waals surface area (Å²) in [6.07, 6.45) is 3.53. The van der Waals surface area contributed by atoms with E-state index in [9.17, 15) is 0 Å². The van der Waals surface area contributed by atoms with E-state index >= 15 is 0 Å². The molecule has 0 atom stereocenters. The fourth-order valence-electron chi connectivity index (χ4n) is 1.87. The molecule has 0 amide bonds. The van der Waals surface area contributed by atoms with Gasteiger partial charge in [0, 0.05) is 24.5 Å². The molecule has 2 aromatic heterocycles. The molecule has 6 nitrogen and oxygen atoms in total. The Kier molecular flexibility index (Phi) is 2.56. The average molecular weight is 255 g/mol. The van der Waals surface area contributed by atoms with Gasteiger partial charge >= 0.3 is 0 Å². The maximum Gasteiger partial charge on any atom is 0.258 e. The Morgan fingerprint density at radius 2 is 2.16 bits per heavy atom. The number of nitrogens with two attached hydrogens (primary N) is 1. The number of hydrogen-bond donors (Lipinski definition) is 1. The first-order valence-electron chi connectivity index (χ1n) is 5.83. The number of rotatable bonds is 2. The van der Waals surface area contributed by atoms with Crippen molar-refractivity contribution in [2.75, 3.05) is 5.73 Å². The van der Waals surface area contributed by atoms with Crippen LogP contribution < -0.4 is 5.73 Å². The quantitative estimate of drug-likeness (QED) is 0.708. The van der Waals surface area contributed by atoms with Gasteiger partial charge in [-0.1, -0.05) is 11.2 Å². The maximum absolute atomic E-state index is 5.88. The second-order valence-electron chi connectivity index (χ2n) is 4.35. The molecule has 0 radical (unpaired) electrons. The monoisotopic (exact) mass is 255 g/mol. The molecule has 3 aromatic rings.